The molecule has 26 heavy (non-hydrogen) atoms. The Morgan fingerprint density at radius 3 is 2.69 bits per heavy atom. The van der Waals surface area contributed by atoms with Crippen LogP contribution in [0.15, 0.2) is 29.1 Å². The lowest BCUT2D eigenvalue weighted by atomic mass is 10.2. The number of nitrogens with zero attached hydrogens (tertiary/aromatic N) is 2. The third-order valence-electron chi connectivity index (χ3n) is 3.90. The molecule has 0 atom stereocenters. The third kappa shape index (κ3) is 4.12. The van der Waals surface area contributed by atoms with Crippen LogP contribution < -0.4 is 26.2 Å². The van der Waals surface area contributed by atoms with Crippen LogP contribution in [-0.2, 0) is 4.74 Å². The molecular weight excluding hydrogens is 354 g/mol. The van der Waals surface area contributed by atoms with Crippen LogP contribution in [0.4, 0.5) is 17.5 Å². The summed E-state index contributed by atoms with van der Waals surface area (Å²) in [5, 5.41) is 3.01. The molecule has 1 aromatic carbocycles. The second kappa shape index (κ2) is 8.15. The first-order valence-electron chi connectivity index (χ1n) is 8.35. The summed E-state index contributed by atoms with van der Waals surface area (Å²) in [5.41, 5.74) is 6.53. The van der Waals surface area contributed by atoms with E-state index in [-0.39, 0.29) is 21.9 Å². The van der Waals surface area contributed by atoms with Crippen molar-refractivity contribution in [3.8, 4) is 5.75 Å². The molecule has 0 aliphatic carbocycles. The largest absolute Gasteiger partial charge is 0.494 e. The standard InChI is InChI=1S/C17H21N5O3S/c1-2-25-12-5-3-11(4-6-12)19-16(26)13-14(18)20-17(21-15(13)23)22-7-9-24-10-8-22/h3-6H,2,7-10H2,1H3,(H,19,26)(H3,18,20,21,23). The zero-order chi connectivity index (χ0) is 18.5. The molecule has 0 bridgehead atoms. The molecule has 1 saturated heterocycles. The number of nitrogens with two attached hydrogens (primary N) is 1. The van der Waals surface area contributed by atoms with Crippen molar-refractivity contribution in [3.63, 3.8) is 0 Å². The van der Waals surface area contributed by atoms with E-state index in [0.29, 0.717) is 38.9 Å². The van der Waals surface area contributed by atoms with Gasteiger partial charge in [-0.25, -0.2) is 0 Å². The quantitative estimate of drug-likeness (QED) is 0.673. The predicted octanol–water partition coefficient (Wildman–Crippen LogP) is 1.37. The van der Waals surface area contributed by atoms with Gasteiger partial charge in [-0.15, -0.1) is 0 Å². The lowest BCUT2D eigenvalue weighted by molar-refractivity contribution is 0.122. The summed E-state index contributed by atoms with van der Waals surface area (Å²) in [7, 11) is 0. The summed E-state index contributed by atoms with van der Waals surface area (Å²) >= 11 is 5.35. The monoisotopic (exact) mass is 375 g/mol. The number of anilines is 3. The maximum absolute atomic E-state index is 12.5. The molecule has 0 saturated carbocycles. The van der Waals surface area contributed by atoms with Crippen LogP contribution >= 0.6 is 12.2 Å². The predicted molar refractivity (Wildman–Crippen MR) is 105 cm³/mol. The molecule has 9 heteroatoms. The van der Waals surface area contributed by atoms with Crippen LogP contribution in [0.3, 0.4) is 0 Å². The van der Waals surface area contributed by atoms with Crippen LogP contribution in [0.2, 0.25) is 0 Å². The molecule has 138 valence electrons. The van der Waals surface area contributed by atoms with E-state index in [0.717, 1.165) is 11.4 Å². The molecule has 8 nitrogen and oxygen atoms in total. The van der Waals surface area contributed by atoms with Crippen molar-refractivity contribution in [2.75, 3.05) is 48.9 Å². The second-order valence-corrected chi connectivity index (χ2v) is 6.07. The average Bonchev–Trinajstić information content (AvgIpc) is 2.64. The minimum atomic E-state index is -0.373. The average molecular weight is 375 g/mol. The van der Waals surface area contributed by atoms with Gasteiger partial charge in [0.2, 0.25) is 5.95 Å². The Morgan fingerprint density at radius 1 is 1.38 bits per heavy atom. The Labute approximate surface area is 156 Å². The molecule has 4 N–H and O–H groups in total. The molecule has 2 heterocycles. The van der Waals surface area contributed by atoms with Crippen molar-refractivity contribution in [2.24, 2.45) is 0 Å². The molecule has 0 unspecified atom stereocenters. The zero-order valence-corrected chi connectivity index (χ0v) is 15.3. The molecule has 1 aliphatic heterocycles. The van der Waals surface area contributed by atoms with Crippen molar-refractivity contribution in [2.45, 2.75) is 6.92 Å². The number of morpholine rings is 1. The molecular formula is C17H21N5O3S. The Kier molecular flexibility index (Phi) is 5.69. The summed E-state index contributed by atoms with van der Waals surface area (Å²) in [6, 6.07) is 7.28. The summed E-state index contributed by atoms with van der Waals surface area (Å²) in [6.07, 6.45) is 0. The number of hydrogen-bond acceptors (Lipinski definition) is 7. The fraction of sp³-hybridized carbons (Fsp3) is 0.353. The van der Waals surface area contributed by atoms with Crippen LogP contribution in [0.1, 0.15) is 12.5 Å². The molecule has 3 rings (SSSR count). The number of H-pyrrole nitrogens is 1. The highest BCUT2D eigenvalue weighted by Gasteiger charge is 2.18. The van der Waals surface area contributed by atoms with Gasteiger partial charge in [-0.05, 0) is 31.2 Å². The highest BCUT2D eigenvalue weighted by molar-refractivity contribution is 7.81. The van der Waals surface area contributed by atoms with E-state index in [2.05, 4.69) is 15.3 Å². The number of benzene rings is 1. The van der Waals surface area contributed by atoms with Crippen molar-refractivity contribution in [1.29, 1.82) is 0 Å². The van der Waals surface area contributed by atoms with Gasteiger partial charge in [-0.1, -0.05) is 12.2 Å². The molecule has 0 radical (unpaired) electrons. The Bertz CT molecular complexity index is 831. The van der Waals surface area contributed by atoms with E-state index < -0.39 is 0 Å². The summed E-state index contributed by atoms with van der Waals surface area (Å²) in [6.45, 7) is 4.99. The van der Waals surface area contributed by atoms with Gasteiger partial charge >= 0.3 is 0 Å². The van der Waals surface area contributed by atoms with Crippen molar-refractivity contribution >= 4 is 34.7 Å². The Balaban J connectivity index is 1.77. The lowest BCUT2D eigenvalue weighted by Gasteiger charge is -2.27. The molecule has 0 spiro atoms. The maximum atomic E-state index is 12.5. The minimum absolute atomic E-state index is 0.0960. The van der Waals surface area contributed by atoms with Gasteiger partial charge in [0.25, 0.3) is 5.56 Å². The van der Waals surface area contributed by atoms with Gasteiger partial charge in [-0.2, -0.15) is 4.98 Å². The number of nitrogen functional groups attached to an aromatic ring is 1. The van der Waals surface area contributed by atoms with Gasteiger partial charge in [-0.3, -0.25) is 9.78 Å². The Hall–Kier alpha value is -2.65. The molecule has 0 amide bonds. The minimum Gasteiger partial charge on any atom is -0.494 e. The first-order valence-corrected chi connectivity index (χ1v) is 8.76. The number of aromatic nitrogens is 2. The van der Waals surface area contributed by atoms with Gasteiger partial charge in [0.05, 0.1) is 19.8 Å². The highest BCUT2D eigenvalue weighted by atomic mass is 32.1. The summed E-state index contributed by atoms with van der Waals surface area (Å²) < 4.78 is 10.7. The normalized spacial score (nSPS) is 14.1. The zero-order valence-electron chi connectivity index (χ0n) is 14.4. The number of aromatic amines is 1. The fourth-order valence-electron chi connectivity index (χ4n) is 2.62. The van der Waals surface area contributed by atoms with E-state index in [1.165, 1.54) is 0 Å². The number of rotatable bonds is 5. The number of thiocarbonyl (C=S) groups is 1. The summed E-state index contributed by atoms with van der Waals surface area (Å²) in [4.78, 5) is 21.7. The van der Waals surface area contributed by atoms with Crippen molar-refractivity contribution in [1.82, 2.24) is 9.97 Å². The molecule has 2 aromatic rings. The Morgan fingerprint density at radius 2 is 2.08 bits per heavy atom. The van der Waals surface area contributed by atoms with Crippen LogP contribution in [0.5, 0.6) is 5.75 Å². The first-order chi connectivity index (χ1) is 12.6. The van der Waals surface area contributed by atoms with Gasteiger partial charge in [0.15, 0.2) is 0 Å². The number of nitrogens with one attached hydrogen (secondary N) is 2. The van der Waals surface area contributed by atoms with E-state index in [1.54, 1.807) is 0 Å². The van der Waals surface area contributed by atoms with Crippen molar-refractivity contribution < 1.29 is 9.47 Å². The summed E-state index contributed by atoms with van der Waals surface area (Å²) in [5.74, 6) is 1.29. The van der Waals surface area contributed by atoms with E-state index in [9.17, 15) is 4.79 Å². The molecule has 1 fully saturated rings. The van der Waals surface area contributed by atoms with E-state index in [1.807, 2.05) is 36.1 Å². The smallest absolute Gasteiger partial charge is 0.264 e. The SMILES string of the molecule is CCOc1ccc(NC(=S)c2c(N)nc(N3CCOCC3)[nH]c2=O)cc1. The topological polar surface area (TPSA) is 106 Å². The van der Waals surface area contributed by atoms with Crippen molar-refractivity contribution in [3.05, 3.63) is 40.2 Å². The molecule has 1 aromatic heterocycles. The first kappa shape index (κ1) is 18.2. The third-order valence-corrected chi connectivity index (χ3v) is 4.20. The second-order valence-electron chi connectivity index (χ2n) is 5.66. The maximum Gasteiger partial charge on any atom is 0.264 e. The van der Waals surface area contributed by atoms with Crippen LogP contribution in [-0.4, -0.2) is 47.9 Å². The van der Waals surface area contributed by atoms with E-state index in [4.69, 9.17) is 27.4 Å². The number of ether oxygens (including phenoxy) is 2. The van der Waals surface area contributed by atoms with Crippen LogP contribution in [0.25, 0.3) is 0 Å². The lowest BCUT2D eigenvalue weighted by Crippen LogP contribution is -2.39. The fourth-order valence-corrected chi connectivity index (χ4v) is 2.93. The van der Waals surface area contributed by atoms with E-state index >= 15 is 0 Å². The van der Waals surface area contributed by atoms with Gasteiger partial charge in [0.1, 0.15) is 22.1 Å². The van der Waals surface area contributed by atoms with Crippen LogP contribution in [0, 0.1) is 0 Å². The van der Waals surface area contributed by atoms with Gasteiger partial charge in [0, 0.05) is 18.8 Å². The highest BCUT2D eigenvalue weighted by Crippen LogP contribution is 2.18. The number of hydrogen-bond donors (Lipinski definition) is 3. The van der Waals surface area contributed by atoms with Gasteiger partial charge < -0.3 is 25.4 Å². The molecule has 1 aliphatic rings.